The van der Waals surface area contributed by atoms with E-state index < -0.39 is 11.7 Å². The number of amides is 1. The Morgan fingerprint density at radius 3 is 2.79 bits per heavy atom. The number of ether oxygens (including phenoxy) is 1. The van der Waals surface area contributed by atoms with Gasteiger partial charge in [0.1, 0.15) is 18.2 Å². The van der Waals surface area contributed by atoms with E-state index >= 15 is 0 Å². The number of carbonyl (C=O) groups is 1. The zero-order valence-electron chi connectivity index (χ0n) is 9.77. The molecule has 1 amide bonds. The SMILES string of the molecule is NC(=O)c1ccc(COc2cncc(Br)c2)c(F)c1. The monoisotopic (exact) mass is 324 g/mol. The molecule has 98 valence electrons. The summed E-state index contributed by atoms with van der Waals surface area (Å²) in [6.45, 7) is 0.0447. The maximum absolute atomic E-state index is 13.7. The number of primary amides is 1. The van der Waals surface area contributed by atoms with E-state index in [1.54, 1.807) is 12.3 Å². The number of halogens is 2. The van der Waals surface area contributed by atoms with Gasteiger partial charge in [0.25, 0.3) is 0 Å². The molecule has 1 heterocycles. The van der Waals surface area contributed by atoms with Crippen LogP contribution in [0.2, 0.25) is 0 Å². The number of carbonyl (C=O) groups excluding carboxylic acids is 1. The Balaban J connectivity index is 2.10. The van der Waals surface area contributed by atoms with Gasteiger partial charge in [-0.3, -0.25) is 9.78 Å². The second kappa shape index (κ2) is 5.79. The first-order valence-electron chi connectivity index (χ1n) is 5.38. The Labute approximate surface area is 117 Å². The van der Waals surface area contributed by atoms with Crippen LogP contribution < -0.4 is 10.5 Å². The normalized spacial score (nSPS) is 10.2. The molecule has 1 aromatic heterocycles. The molecule has 19 heavy (non-hydrogen) atoms. The number of rotatable bonds is 4. The second-order valence-electron chi connectivity index (χ2n) is 3.80. The van der Waals surface area contributed by atoms with Crippen LogP contribution in [-0.2, 0) is 6.61 Å². The van der Waals surface area contributed by atoms with Crippen molar-refractivity contribution in [1.82, 2.24) is 4.98 Å². The van der Waals surface area contributed by atoms with Gasteiger partial charge in [-0.1, -0.05) is 6.07 Å². The minimum atomic E-state index is -0.664. The molecule has 0 spiro atoms. The highest BCUT2D eigenvalue weighted by molar-refractivity contribution is 9.10. The summed E-state index contributed by atoms with van der Waals surface area (Å²) >= 11 is 3.26. The van der Waals surface area contributed by atoms with Gasteiger partial charge in [-0.05, 0) is 34.1 Å². The summed E-state index contributed by atoms with van der Waals surface area (Å²) in [6.07, 6.45) is 3.15. The molecular formula is C13H10BrFN2O2. The maximum Gasteiger partial charge on any atom is 0.248 e. The topological polar surface area (TPSA) is 65.2 Å². The molecule has 0 saturated carbocycles. The third-order valence-corrected chi connectivity index (χ3v) is 2.85. The van der Waals surface area contributed by atoms with Gasteiger partial charge in [-0.2, -0.15) is 0 Å². The van der Waals surface area contributed by atoms with Crippen LogP contribution in [0.1, 0.15) is 15.9 Å². The van der Waals surface area contributed by atoms with Crippen molar-refractivity contribution in [3.8, 4) is 5.75 Å². The lowest BCUT2D eigenvalue weighted by atomic mass is 10.1. The summed E-state index contributed by atoms with van der Waals surface area (Å²) in [5.41, 5.74) is 5.53. The number of hydrogen-bond acceptors (Lipinski definition) is 3. The van der Waals surface area contributed by atoms with E-state index in [0.29, 0.717) is 11.3 Å². The number of benzene rings is 1. The van der Waals surface area contributed by atoms with Gasteiger partial charge in [-0.15, -0.1) is 0 Å². The fourth-order valence-corrected chi connectivity index (χ4v) is 1.79. The minimum Gasteiger partial charge on any atom is -0.487 e. The van der Waals surface area contributed by atoms with E-state index in [1.807, 2.05) is 0 Å². The molecule has 1 aromatic carbocycles. The van der Waals surface area contributed by atoms with E-state index in [9.17, 15) is 9.18 Å². The third-order valence-electron chi connectivity index (χ3n) is 2.41. The Morgan fingerprint density at radius 2 is 2.16 bits per heavy atom. The fourth-order valence-electron chi connectivity index (χ4n) is 1.45. The average Bonchev–Trinajstić information content (AvgIpc) is 2.37. The molecule has 0 saturated heterocycles. The molecule has 6 heteroatoms. The molecule has 0 aliphatic heterocycles. The minimum absolute atomic E-state index is 0.0447. The van der Waals surface area contributed by atoms with Crippen LogP contribution in [-0.4, -0.2) is 10.9 Å². The lowest BCUT2D eigenvalue weighted by Crippen LogP contribution is -2.11. The summed E-state index contributed by atoms with van der Waals surface area (Å²) in [4.78, 5) is 14.8. The highest BCUT2D eigenvalue weighted by Gasteiger charge is 2.07. The number of nitrogens with two attached hydrogens (primary N) is 1. The quantitative estimate of drug-likeness (QED) is 0.940. The Morgan fingerprint density at radius 1 is 1.37 bits per heavy atom. The van der Waals surface area contributed by atoms with E-state index in [-0.39, 0.29) is 12.2 Å². The van der Waals surface area contributed by atoms with Crippen molar-refractivity contribution in [2.24, 2.45) is 5.73 Å². The molecule has 0 atom stereocenters. The molecule has 0 aliphatic rings. The summed E-state index contributed by atoms with van der Waals surface area (Å²) < 4.78 is 19.9. The van der Waals surface area contributed by atoms with E-state index in [0.717, 1.165) is 10.5 Å². The largest absolute Gasteiger partial charge is 0.487 e. The first-order chi connectivity index (χ1) is 9.06. The number of hydrogen-bond donors (Lipinski definition) is 1. The van der Waals surface area contributed by atoms with Crippen LogP contribution in [0.3, 0.4) is 0 Å². The Hall–Kier alpha value is -1.95. The molecule has 2 N–H and O–H groups in total. The van der Waals surface area contributed by atoms with Crippen LogP contribution in [0.15, 0.2) is 41.1 Å². The number of pyridine rings is 1. The lowest BCUT2D eigenvalue weighted by molar-refractivity contribution is 0.0999. The van der Waals surface area contributed by atoms with Crippen molar-refractivity contribution in [1.29, 1.82) is 0 Å². The van der Waals surface area contributed by atoms with Crippen molar-refractivity contribution in [2.45, 2.75) is 6.61 Å². The van der Waals surface area contributed by atoms with Crippen molar-refractivity contribution in [3.63, 3.8) is 0 Å². The van der Waals surface area contributed by atoms with Crippen LogP contribution in [0.25, 0.3) is 0 Å². The summed E-state index contributed by atoms with van der Waals surface area (Å²) in [6, 6.07) is 5.76. The van der Waals surface area contributed by atoms with E-state index in [1.165, 1.54) is 18.3 Å². The molecule has 0 aliphatic carbocycles. The molecular weight excluding hydrogens is 315 g/mol. The van der Waals surface area contributed by atoms with E-state index in [2.05, 4.69) is 20.9 Å². The van der Waals surface area contributed by atoms with Crippen molar-refractivity contribution >= 4 is 21.8 Å². The van der Waals surface area contributed by atoms with Crippen LogP contribution in [0.4, 0.5) is 4.39 Å². The average molecular weight is 325 g/mol. The first-order valence-corrected chi connectivity index (χ1v) is 6.17. The molecule has 0 fully saturated rings. The zero-order valence-corrected chi connectivity index (χ0v) is 11.4. The Bertz CT molecular complexity index is 619. The van der Waals surface area contributed by atoms with Crippen molar-refractivity contribution in [2.75, 3.05) is 0 Å². The van der Waals surface area contributed by atoms with Crippen LogP contribution >= 0.6 is 15.9 Å². The fraction of sp³-hybridized carbons (Fsp3) is 0.0769. The summed E-state index contributed by atoms with van der Waals surface area (Å²) in [5, 5.41) is 0. The standard InChI is InChI=1S/C13H10BrFN2O2/c14-10-4-11(6-17-5-10)19-7-9-2-1-8(13(16)18)3-12(9)15/h1-6H,7H2,(H2,16,18). The number of aromatic nitrogens is 1. The van der Waals surface area contributed by atoms with E-state index in [4.69, 9.17) is 10.5 Å². The molecule has 0 bridgehead atoms. The third kappa shape index (κ3) is 3.51. The molecule has 2 aromatic rings. The van der Waals surface area contributed by atoms with Crippen molar-refractivity contribution < 1.29 is 13.9 Å². The van der Waals surface area contributed by atoms with Gasteiger partial charge in [-0.25, -0.2) is 4.39 Å². The van der Waals surface area contributed by atoms with Gasteiger partial charge in [0.15, 0.2) is 0 Å². The predicted molar refractivity (Wildman–Crippen MR) is 71.2 cm³/mol. The summed E-state index contributed by atoms with van der Waals surface area (Å²) in [7, 11) is 0. The molecule has 4 nitrogen and oxygen atoms in total. The lowest BCUT2D eigenvalue weighted by Gasteiger charge is -2.07. The van der Waals surface area contributed by atoms with Gasteiger partial charge in [0, 0.05) is 21.8 Å². The summed E-state index contributed by atoms with van der Waals surface area (Å²) in [5.74, 6) is -0.672. The molecule has 0 unspecified atom stereocenters. The second-order valence-corrected chi connectivity index (χ2v) is 4.71. The van der Waals surface area contributed by atoms with Crippen molar-refractivity contribution in [3.05, 3.63) is 58.1 Å². The maximum atomic E-state index is 13.7. The number of nitrogens with zero attached hydrogens (tertiary/aromatic N) is 1. The smallest absolute Gasteiger partial charge is 0.248 e. The van der Waals surface area contributed by atoms with Gasteiger partial charge < -0.3 is 10.5 Å². The Kier molecular flexibility index (Phi) is 4.11. The van der Waals surface area contributed by atoms with Gasteiger partial charge >= 0.3 is 0 Å². The van der Waals surface area contributed by atoms with Crippen LogP contribution in [0.5, 0.6) is 5.75 Å². The van der Waals surface area contributed by atoms with Gasteiger partial charge in [0.2, 0.25) is 5.91 Å². The predicted octanol–water partition coefficient (Wildman–Crippen LogP) is 2.66. The highest BCUT2D eigenvalue weighted by Crippen LogP contribution is 2.18. The van der Waals surface area contributed by atoms with Gasteiger partial charge in [0.05, 0.1) is 6.20 Å². The highest BCUT2D eigenvalue weighted by atomic mass is 79.9. The first kappa shape index (κ1) is 13.5. The molecule has 2 rings (SSSR count). The zero-order chi connectivity index (χ0) is 13.8. The van der Waals surface area contributed by atoms with Crippen LogP contribution in [0, 0.1) is 5.82 Å². The molecule has 0 radical (unpaired) electrons.